The van der Waals surface area contributed by atoms with Crippen LogP contribution in [0, 0.1) is 13.8 Å². The predicted molar refractivity (Wildman–Crippen MR) is 143 cm³/mol. The van der Waals surface area contributed by atoms with E-state index in [4.69, 9.17) is 0 Å². The Kier molecular flexibility index (Phi) is 7.79. The number of benzene rings is 1. The molecule has 36 heavy (non-hydrogen) atoms. The van der Waals surface area contributed by atoms with E-state index in [0.717, 1.165) is 60.7 Å². The van der Waals surface area contributed by atoms with Crippen LogP contribution in [0.3, 0.4) is 0 Å². The number of rotatable bonds is 11. The highest BCUT2D eigenvalue weighted by Crippen LogP contribution is 2.35. The van der Waals surface area contributed by atoms with E-state index >= 15 is 0 Å². The van der Waals surface area contributed by atoms with Gasteiger partial charge in [0.05, 0.1) is 23.4 Å². The lowest BCUT2D eigenvalue weighted by Gasteiger charge is -2.18. The van der Waals surface area contributed by atoms with Crippen molar-refractivity contribution < 1.29 is 14.4 Å². The van der Waals surface area contributed by atoms with Crippen LogP contribution in [0.1, 0.15) is 59.6 Å². The van der Waals surface area contributed by atoms with Crippen molar-refractivity contribution in [3.05, 3.63) is 46.3 Å². The molecular formula is C27H36N6O3. The molecule has 1 saturated carbocycles. The number of likely N-dealkylation sites (N-methyl/N-ethyl adjacent to an activating group) is 1. The van der Waals surface area contributed by atoms with Gasteiger partial charge in [-0.2, -0.15) is 0 Å². The van der Waals surface area contributed by atoms with Crippen LogP contribution in [0.2, 0.25) is 0 Å². The molecule has 4 rings (SSSR count). The molecule has 3 amide bonds. The van der Waals surface area contributed by atoms with E-state index in [-0.39, 0.29) is 24.3 Å². The number of fused-ring (bicyclic) bond motifs is 1. The third-order valence-electron chi connectivity index (χ3n) is 6.80. The molecule has 0 radical (unpaired) electrons. The molecule has 0 unspecified atom stereocenters. The molecule has 9 nitrogen and oxygen atoms in total. The van der Waals surface area contributed by atoms with Crippen molar-refractivity contribution >= 4 is 40.7 Å². The minimum atomic E-state index is -0.203. The molecule has 2 aromatic rings. The van der Waals surface area contributed by atoms with Gasteiger partial charge in [0.2, 0.25) is 5.91 Å². The van der Waals surface area contributed by atoms with Gasteiger partial charge in [0.25, 0.3) is 11.8 Å². The van der Waals surface area contributed by atoms with Crippen molar-refractivity contribution in [3.8, 4) is 0 Å². The van der Waals surface area contributed by atoms with E-state index in [1.54, 1.807) is 6.08 Å². The molecule has 9 heteroatoms. The topological polar surface area (TPSA) is 118 Å². The van der Waals surface area contributed by atoms with Crippen LogP contribution in [-0.2, 0) is 9.59 Å². The number of carbonyl (C=O) groups excluding carboxylic acids is 3. The number of aryl methyl sites for hydroxylation is 1. The molecule has 1 aromatic carbocycles. The van der Waals surface area contributed by atoms with E-state index in [0.29, 0.717) is 29.4 Å². The molecule has 1 aliphatic carbocycles. The number of aromatic amines is 1. The normalized spacial score (nSPS) is 15.7. The lowest BCUT2D eigenvalue weighted by atomic mass is 10.0. The van der Waals surface area contributed by atoms with Gasteiger partial charge in [-0.05, 0) is 63.6 Å². The minimum Gasteiger partial charge on any atom is -0.376 e. The fourth-order valence-corrected chi connectivity index (χ4v) is 4.50. The van der Waals surface area contributed by atoms with Gasteiger partial charge in [-0.15, -0.1) is 0 Å². The number of nitrogens with zero attached hydrogens (tertiary/aromatic N) is 1. The average molecular weight is 493 g/mol. The number of H-pyrrole nitrogens is 1. The summed E-state index contributed by atoms with van der Waals surface area (Å²) in [6, 6.07) is 5.89. The number of carbonyl (C=O) groups is 3. The summed E-state index contributed by atoms with van der Waals surface area (Å²) >= 11 is 0. The highest BCUT2D eigenvalue weighted by molar-refractivity contribution is 6.35. The third kappa shape index (κ3) is 5.79. The van der Waals surface area contributed by atoms with E-state index in [9.17, 15) is 14.4 Å². The predicted octanol–water partition coefficient (Wildman–Crippen LogP) is 2.89. The maximum Gasteiger partial charge on any atom is 0.256 e. The van der Waals surface area contributed by atoms with E-state index < -0.39 is 0 Å². The van der Waals surface area contributed by atoms with Gasteiger partial charge in [-0.1, -0.05) is 19.9 Å². The van der Waals surface area contributed by atoms with Gasteiger partial charge in [0, 0.05) is 41.8 Å². The van der Waals surface area contributed by atoms with Gasteiger partial charge >= 0.3 is 0 Å². The van der Waals surface area contributed by atoms with Gasteiger partial charge in [0.1, 0.15) is 0 Å². The van der Waals surface area contributed by atoms with Crippen molar-refractivity contribution in [1.29, 1.82) is 0 Å². The molecule has 0 bridgehead atoms. The summed E-state index contributed by atoms with van der Waals surface area (Å²) in [6.07, 6.45) is 3.90. The molecule has 2 aliphatic rings. The summed E-state index contributed by atoms with van der Waals surface area (Å²) in [5.74, 6) is -0.352. The van der Waals surface area contributed by atoms with Gasteiger partial charge in [0.15, 0.2) is 0 Å². The Labute approximate surface area is 212 Å². The maximum absolute atomic E-state index is 12.9. The fraction of sp³-hybridized carbons (Fsp3) is 0.444. The van der Waals surface area contributed by atoms with Crippen LogP contribution in [0.4, 0.5) is 11.4 Å². The summed E-state index contributed by atoms with van der Waals surface area (Å²) in [7, 11) is 0. The monoisotopic (exact) mass is 492 g/mol. The summed E-state index contributed by atoms with van der Waals surface area (Å²) in [4.78, 5) is 43.1. The first-order valence-corrected chi connectivity index (χ1v) is 12.7. The van der Waals surface area contributed by atoms with Crippen LogP contribution in [0.25, 0.3) is 11.6 Å². The Morgan fingerprint density at radius 1 is 1.17 bits per heavy atom. The number of nitrogens with one attached hydrogen (secondary N) is 5. The van der Waals surface area contributed by atoms with Crippen LogP contribution >= 0.6 is 0 Å². The third-order valence-corrected chi connectivity index (χ3v) is 6.80. The van der Waals surface area contributed by atoms with Crippen molar-refractivity contribution in [3.63, 3.8) is 0 Å². The first-order valence-electron chi connectivity index (χ1n) is 12.7. The molecule has 1 fully saturated rings. The number of hydrogen-bond donors (Lipinski definition) is 5. The highest BCUT2D eigenvalue weighted by Gasteiger charge is 2.26. The van der Waals surface area contributed by atoms with Crippen LogP contribution in [0.5, 0.6) is 0 Å². The van der Waals surface area contributed by atoms with Crippen molar-refractivity contribution in [2.45, 2.75) is 46.6 Å². The summed E-state index contributed by atoms with van der Waals surface area (Å²) in [5, 5.41) is 12.0. The zero-order valence-electron chi connectivity index (χ0n) is 21.5. The standard InChI is InChI=1S/C27H36N6O3/c1-5-33(6-2)12-11-28-27(36)25-16(3)22(30-17(25)4)14-21-20-10-9-19(13-23(20)32-26(21)35)29-15-24(34)31-18-7-8-18/h9-10,13-14,18,29-30H,5-8,11-12,15H2,1-4H3,(H,28,36)(H,31,34)(H,32,35)/b21-14-. The molecule has 0 saturated heterocycles. The Hall–Kier alpha value is -3.59. The first kappa shape index (κ1) is 25.5. The Bertz CT molecular complexity index is 1190. The highest BCUT2D eigenvalue weighted by atomic mass is 16.2. The molecule has 5 N–H and O–H groups in total. The number of aromatic nitrogens is 1. The second-order valence-electron chi connectivity index (χ2n) is 9.41. The maximum atomic E-state index is 12.9. The van der Waals surface area contributed by atoms with Gasteiger partial charge in [-0.3, -0.25) is 14.4 Å². The summed E-state index contributed by atoms with van der Waals surface area (Å²) < 4.78 is 0. The van der Waals surface area contributed by atoms with Crippen LogP contribution in [-0.4, -0.2) is 66.4 Å². The van der Waals surface area contributed by atoms with Crippen LogP contribution in [0.15, 0.2) is 18.2 Å². The lowest BCUT2D eigenvalue weighted by molar-refractivity contribution is -0.119. The van der Waals surface area contributed by atoms with Crippen LogP contribution < -0.4 is 21.3 Å². The van der Waals surface area contributed by atoms with E-state index in [1.807, 2.05) is 32.0 Å². The Morgan fingerprint density at radius 2 is 1.92 bits per heavy atom. The van der Waals surface area contributed by atoms with E-state index in [2.05, 4.69) is 45.0 Å². The smallest absolute Gasteiger partial charge is 0.256 e. The zero-order chi connectivity index (χ0) is 25.8. The SMILES string of the molecule is CCN(CC)CCNC(=O)c1c(C)[nH]c(/C=C2\C(=O)Nc3cc(NCC(=O)NC4CC4)ccc32)c1C. The lowest BCUT2D eigenvalue weighted by Crippen LogP contribution is -2.35. The molecule has 1 aliphatic heterocycles. The van der Waals surface area contributed by atoms with E-state index in [1.165, 1.54) is 0 Å². The second-order valence-corrected chi connectivity index (χ2v) is 9.41. The molecule has 1 aromatic heterocycles. The minimum absolute atomic E-state index is 0.0342. The molecule has 0 atom stereocenters. The van der Waals surface area contributed by atoms with Crippen molar-refractivity contribution in [2.75, 3.05) is 43.4 Å². The fourth-order valence-electron chi connectivity index (χ4n) is 4.50. The molecule has 2 heterocycles. The average Bonchev–Trinajstić information content (AvgIpc) is 3.55. The number of amides is 3. The van der Waals surface area contributed by atoms with Crippen molar-refractivity contribution in [2.24, 2.45) is 0 Å². The zero-order valence-corrected chi connectivity index (χ0v) is 21.5. The number of anilines is 2. The molecule has 0 spiro atoms. The van der Waals surface area contributed by atoms with Gasteiger partial charge < -0.3 is 31.2 Å². The van der Waals surface area contributed by atoms with Crippen molar-refractivity contribution in [1.82, 2.24) is 20.5 Å². The Morgan fingerprint density at radius 3 is 2.61 bits per heavy atom. The second kappa shape index (κ2) is 11.0. The largest absolute Gasteiger partial charge is 0.376 e. The molecule has 192 valence electrons. The summed E-state index contributed by atoms with van der Waals surface area (Å²) in [5.41, 5.74) is 5.68. The quantitative estimate of drug-likeness (QED) is 0.309. The summed E-state index contributed by atoms with van der Waals surface area (Å²) in [6.45, 7) is 11.4. The van der Waals surface area contributed by atoms with Gasteiger partial charge in [-0.25, -0.2) is 0 Å². The molecular weight excluding hydrogens is 456 g/mol. The number of hydrogen-bond acceptors (Lipinski definition) is 5. The first-order chi connectivity index (χ1) is 17.3. The Balaban J connectivity index is 1.46.